The Balaban J connectivity index is 2.22. The Morgan fingerprint density at radius 1 is 1.38 bits per heavy atom. The third-order valence-electron chi connectivity index (χ3n) is 3.78. The number of nitrogens with one attached hydrogen (secondary N) is 1. The number of benzene rings is 1. The zero-order chi connectivity index (χ0) is 15.5. The first kappa shape index (κ1) is 15.8. The summed E-state index contributed by atoms with van der Waals surface area (Å²) in [7, 11) is 0. The molecule has 0 atom stereocenters. The molecular formula is C14H17ClN2O4. The number of carboxylic acids is 1. The number of ether oxygens (including phenoxy) is 1. The normalized spacial score (nSPS) is 17.2. The van der Waals surface area contributed by atoms with Crippen molar-refractivity contribution in [3.63, 3.8) is 0 Å². The van der Waals surface area contributed by atoms with E-state index in [9.17, 15) is 9.59 Å². The lowest BCUT2D eigenvalue weighted by Crippen LogP contribution is -2.46. The number of rotatable bonds is 4. The lowest BCUT2D eigenvalue weighted by Gasteiger charge is -2.34. The molecule has 0 spiro atoms. The molecule has 0 unspecified atom stereocenters. The Kier molecular flexibility index (Phi) is 4.82. The van der Waals surface area contributed by atoms with Crippen LogP contribution in [-0.4, -0.2) is 36.7 Å². The van der Waals surface area contributed by atoms with Crippen LogP contribution in [0.15, 0.2) is 18.2 Å². The number of carbonyl (C=O) groups is 2. The Labute approximate surface area is 127 Å². The van der Waals surface area contributed by atoms with Crippen LogP contribution in [0, 0.1) is 5.41 Å². The van der Waals surface area contributed by atoms with Gasteiger partial charge in [0.15, 0.2) is 0 Å². The number of halogens is 1. The topological polar surface area (TPSA) is 102 Å². The van der Waals surface area contributed by atoms with Crippen LogP contribution >= 0.6 is 11.6 Å². The van der Waals surface area contributed by atoms with E-state index in [0.717, 1.165) is 0 Å². The maximum Gasteiger partial charge on any atom is 0.335 e. The number of hydrogen-bond donors (Lipinski definition) is 3. The molecule has 0 bridgehead atoms. The number of amides is 1. The van der Waals surface area contributed by atoms with E-state index in [-0.39, 0.29) is 28.7 Å². The average Bonchev–Trinajstić information content (AvgIpc) is 2.49. The number of nitrogens with two attached hydrogens (primary N) is 1. The van der Waals surface area contributed by atoms with Crippen molar-refractivity contribution >= 4 is 29.2 Å². The molecule has 114 valence electrons. The van der Waals surface area contributed by atoms with Crippen molar-refractivity contribution in [2.24, 2.45) is 11.1 Å². The van der Waals surface area contributed by atoms with Crippen molar-refractivity contribution in [3.05, 3.63) is 28.8 Å². The van der Waals surface area contributed by atoms with Crippen molar-refractivity contribution in [1.82, 2.24) is 0 Å². The van der Waals surface area contributed by atoms with Crippen LogP contribution in [0.4, 0.5) is 5.69 Å². The van der Waals surface area contributed by atoms with Gasteiger partial charge in [0.1, 0.15) is 0 Å². The molecule has 1 aromatic rings. The van der Waals surface area contributed by atoms with Gasteiger partial charge >= 0.3 is 5.97 Å². The van der Waals surface area contributed by atoms with Gasteiger partial charge in [-0.05, 0) is 31.0 Å². The van der Waals surface area contributed by atoms with Crippen LogP contribution in [-0.2, 0) is 9.53 Å². The highest BCUT2D eigenvalue weighted by atomic mass is 35.5. The lowest BCUT2D eigenvalue weighted by molar-refractivity contribution is -0.130. The second-order valence-corrected chi connectivity index (χ2v) is 5.46. The van der Waals surface area contributed by atoms with E-state index in [4.69, 9.17) is 27.2 Å². The van der Waals surface area contributed by atoms with Crippen LogP contribution in [0.2, 0.25) is 5.02 Å². The summed E-state index contributed by atoms with van der Waals surface area (Å²) in [5, 5.41) is 12.0. The maximum atomic E-state index is 12.5. The first-order valence-corrected chi connectivity index (χ1v) is 6.98. The molecule has 0 radical (unpaired) electrons. The van der Waals surface area contributed by atoms with Gasteiger partial charge < -0.3 is 20.9 Å². The van der Waals surface area contributed by atoms with Gasteiger partial charge in [0, 0.05) is 19.8 Å². The Bertz CT molecular complexity index is 556. The Morgan fingerprint density at radius 3 is 2.62 bits per heavy atom. The van der Waals surface area contributed by atoms with Crippen molar-refractivity contribution in [2.45, 2.75) is 12.8 Å². The smallest absolute Gasteiger partial charge is 0.335 e. The van der Waals surface area contributed by atoms with Crippen LogP contribution in [0.3, 0.4) is 0 Å². The molecule has 1 aliphatic rings. The maximum absolute atomic E-state index is 12.5. The minimum absolute atomic E-state index is 0.0588. The summed E-state index contributed by atoms with van der Waals surface area (Å²) in [6.07, 6.45) is 1.07. The highest BCUT2D eigenvalue weighted by Gasteiger charge is 2.39. The van der Waals surface area contributed by atoms with Crippen molar-refractivity contribution in [3.8, 4) is 0 Å². The first-order chi connectivity index (χ1) is 9.98. The number of anilines is 1. The minimum Gasteiger partial charge on any atom is -0.478 e. The third-order valence-corrected chi connectivity index (χ3v) is 4.11. The Hall–Kier alpha value is -1.63. The van der Waals surface area contributed by atoms with E-state index < -0.39 is 11.4 Å². The van der Waals surface area contributed by atoms with E-state index in [1.807, 2.05) is 0 Å². The average molecular weight is 313 g/mol. The predicted molar refractivity (Wildman–Crippen MR) is 78.6 cm³/mol. The fourth-order valence-corrected chi connectivity index (χ4v) is 2.46. The van der Waals surface area contributed by atoms with Gasteiger partial charge in [0.2, 0.25) is 5.91 Å². The van der Waals surface area contributed by atoms with Crippen LogP contribution in [0.1, 0.15) is 23.2 Å². The zero-order valence-corrected chi connectivity index (χ0v) is 12.2. The van der Waals surface area contributed by atoms with Crippen LogP contribution in [0.25, 0.3) is 0 Å². The van der Waals surface area contributed by atoms with Gasteiger partial charge in [0.05, 0.1) is 21.7 Å². The van der Waals surface area contributed by atoms with Crippen LogP contribution < -0.4 is 11.1 Å². The standard InChI is InChI=1S/C14H17ClN2O4/c15-10-2-1-9(12(18)19)7-11(10)17-13(20)14(8-16)3-5-21-6-4-14/h1-2,7H,3-6,8,16H2,(H,17,20)(H,18,19). The zero-order valence-electron chi connectivity index (χ0n) is 11.4. The fraction of sp³-hybridized carbons (Fsp3) is 0.429. The number of aromatic carboxylic acids is 1. The molecule has 1 aromatic carbocycles. The number of carboxylic acid groups (broad SMARTS) is 1. The van der Waals surface area contributed by atoms with Crippen molar-refractivity contribution in [1.29, 1.82) is 0 Å². The number of carbonyl (C=O) groups excluding carboxylic acids is 1. The highest BCUT2D eigenvalue weighted by Crippen LogP contribution is 2.32. The second-order valence-electron chi connectivity index (χ2n) is 5.05. The van der Waals surface area contributed by atoms with Crippen LogP contribution in [0.5, 0.6) is 0 Å². The first-order valence-electron chi connectivity index (χ1n) is 6.61. The molecule has 2 rings (SSSR count). The van der Waals surface area contributed by atoms with Crippen molar-refractivity contribution in [2.75, 3.05) is 25.1 Å². The molecule has 7 heteroatoms. The summed E-state index contributed by atoms with van der Waals surface area (Å²) in [6, 6.07) is 4.17. The summed E-state index contributed by atoms with van der Waals surface area (Å²) >= 11 is 6.01. The van der Waals surface area contributed by atoms with E-state index >= 15 is 0 Å². The largest absolute Gasteiger partial charge is 0.478 e. The van der Waals surface area contributed by atoms with Gasteiger partial charge in [-0.1, -0.05) is 11.6 Å². The molecule has 1 fully saturated rings. The minimum atomic E-state index is -1.08. The lowest BCUT2D eigenvalue weighted by atomic mass is 9.79. The molecule has 21 heavy (non-hydrogen) atoms. The fourth-order valence-electron chi connectivity index (χ4n) is 2.30. The SMILES string of the molecule is NCC1(C(=O)Nc2cc(C(=O)O)ccc2Cl)CCOCC1. The summed E-state index contributed by atoms with van der Waals surface area (Å²) in [4.78, 5) is 23.5. The highest BCUT2D eigenvalue weighted by molar-refractivity contribution is 6.34. The second kappa shape index (κ2) is 6.43. The summed E-state index contributed by atoms with van der Waals surface area (Å²) < 4.78 is 5.26. The van der Waals surface area contributed by atoms with Crippen molar-refractivity contribution < 1.29 is 19.4 Å². The molecule has 1 aliphatic heterocycles. The summed E-state index contributed by atoms with van der Waals surface area (Å²) in [5.41, 5.74) is 5.41. The quantitative estimate of drug-likeness (QED) is 0.786. The van der Waals surface area contributed by atoms with Gasteiger partial charge in [-0.3, -0.25) is 4.79 Å². The summed E-state index contributed by atoms with van der Waals surface area (Å²) in [5.74, 6) is -1.33. The monoisotopic (exact) mass is 312 g/mol. The molecule has 0 aromatic heterocycles. The van der Waals surface area contributed by atoms with Gasteiger partial charge in [-0.15, -0.1) is 0 Å². The molecule has 4 N–H and O–H groups in total. The van der Waals surface area contributed by atoms with E-state index in [1.54, 1.807) is 0 Å². The van der Waals surface area contributed by atoms with Gasteiger partial charge in [0.25, 0.3) is 0 Å². The predicted octanol–water partition coefficient (Wildman–Crippen LogP) is 1.73. The van der Waals surface area contributed by atoms with Gasteiger partial charge in [-0.2, -0.15) is 0 Å². The summed E-state index contributed by atoms with van der Waals surface area (Å²) in [6.45, 7) is 1.17. The molecular weight excluding hydrogens is 296 g/mol. The number of hydrogen-bond acceptors (Lipinski definition) is 4. The molecule has 0 saturated carbocycles. The van der Waals surface area contributed by atoms with E-state index in [1.165, 1.54) is 18.2 Å². The molecule has 1 saturated heterocycles. The molecule has 0 aliphatic carbocycles. The third kappa shape index (κ3) is 3.34. The molecule has 1 heterocycles. The van der Waals surface area contributed by atoms with Gasteiger partial charge in [-0.25, -0.2) is 4.79 Å². The Morgan fingerprint density at radius 2 is 2.05 bits per heavy atom. The molecule has 1 amide bonds. The van der Waals surface area contributed by atoms with E-state index in [0.29, 0.717) is 26.1 Å². The molecule has 6 nitrogen and oxygen atoms in total. The van der Waals surface area contributed by atoms with E-state index in [2.05, 4.69) is 5.32 Å².